The molecule has 0 spiro atoms. The van der Waals surface area contributed by atoms with E-state index in [0.717, 1.165) is 44.8 Å². The summed E-state index contributed by atoms with van der Waals surface area (Å²) in [6.07, 6.45) is -2.92. The molecule has 0 aliphatic heterocycles. The molecule has 0 radical (unpaired) electrons. The molecular formula is C24H17F3N2O3S. The highest BCUT2D eigenvalue weighted by Crippen LogP contribution is 2.36. The van der Waals surface area contributed by atoms with Gasteiger partial charge >= 0.3 is 12.1 Å². The third-order valence-corrected chi connectivity index (χ3v) is 6.93. The number of carboxylic acid groups (broad SMARTS) is 1. The zero-order valence-electron chi connectivity index (χ0n) is 17.1. The van der Waals surface area contributed by atoms with E-state index >= 15 is 0 Å². The van der Waals surface area contributed by atoms with Crippen LogP contribution >= 0.6 is 11.3 Å². The molecule has 9 heteroatoms. The molecule has 5 nitrogen and oxygen atoms in total. The molecule has 0 saturated carbocycles. The minimum atomic E-state index is -4.43. The first-order valence-corrected chi connectivity index (χ1v) is 11.0. The van der Waals surface area contributed by atoms with E-state index in [-0.39, 0.29) is 6.42 Å². The Kier molecular flexibility index (Phi) is 5.08. The standard InChI is InChI=1S/C24H17F3N2O3S/c25-24(26,27)15-6-8-20-14(9-15)10-16(33-20)11-19-18-7-5-13-3-1-2-4-17(13)22(18)28-29(23(19)32)12-21(30)31/h1-4,6,8-10H,5,7,11-12H2,(H,30,31). The van der Waals surface area contributed by atoms with Crippen molar-refractivity contribution in [3.63, 3.8) is 0 Å². The van der Waals surface area contributed by atoms with Crippen LogP contribution in [0.25, 0.3) is 21.3 Å². The van der Waals surface area contributed by atoms with Crippen molar-refractivity contribution in [2.75, 3.05) is 0 Å². The number of carboxylic acids is 1. The highest BCUT2D eigenvalue weighted by molar-refractivity contribution is 7.19. The molecule has 2 aromatic carbocycles. The van der Waals surface area contributed by atoms with Crippen LogP contribution in [0.5, 0.6) is 0 Å². The normalized spacial score (nSPS) is 13.1. The number of nitrogens with zero attached hydrogens (tertiary/aromatic N) is 2. The maximum Gasteiger partial charge on any atom is 0.416 e. The molecule has 2 heterocycles. The van der Waals surface area contributed by atoms with Gasteiger partial charge in [-0.15, -0.1) is 11.3 Å². The average Bonchev–Trinajstić information content (AvgIpc) is 3.17. The number of hydrogen-bond acceptors (Lipinski definition) is 4. The number of alkyl halides is 3. The molecular weight excluding hydrogens is 453 g/mol. The van der Waals surface area contributed by atoms with E-state index in [9.17, 15) is 27.9 Å². The predicted octanol–water partition coefficient (Wildman–Crippen LogP) is 4.92. The molecule has 5 rings (SSSR count). The van der Waals surface area contributed by atoms with Crippen molar-refractivity contribution in [2.24, 2.45) is 0 Å². The van der Waals surface area contributed by atoms with Gasteiger partial charge in [0.2, 0.25) is 0 Å². The Hall–Kier alpha value is -3.46. The topological polar surface area (TPSA) is 72.2 Å². The van der Waals surface area contributed by atoms with Crippen molar-refractivity contribution in [3.8, 4) is 11.3 Å². The number of hydrogen-bond donors (Lipinski definition) is 1. The van der Waals surface area contributed by atoms with Crippen LogP contribution in [0.4, 0.5) is 13.2 Å². The third kappa shape index (κ3) is 3.93. The van der Waals surface area contributed by atoms with E-state index in [2.05, 4.69) is 5.10 Å². The van der Waals surface area contributed by atoms with E-state index in [1.54, 1.807) is 6.07 Å². The average molecular weight is 470 g/mol. The fourth-order valence-electron chi connectivity index (χ4n) is 4.32. The number of rotatable bonds is 4. The number of benzene rings is 2. The predicted molar refractivity (Wildman–Crippen MR) is 119 cm³/mol. The molecule has 1 N–H and O–H groups in total. The van der Waals surface area contributed by atoms with Crippen molar-refractivity contribution < 1.29 is 23.1 Å². The van der Waals surface area contributed by atoms with Crippen LogP contribution in [0.1, 0.15) is 27.1 Å². The fraction of sp³-hybridized carbons (Fsp3) is 0.208. The molecule has 0 fully saturated rings. The number of fused-ring (bicyclic) bond motifs is 4. The van der Waals surface area contributed by atoms with Crippen molar-refractivity contribution >= 4 is 27.4 Å². The van der Waals surface area contributed by atoms with Gasteiger partial charge in [0.1, 0.15) is 6.54 Å². The van der Waals surface area contributed by atoms with Crippen molar-refractivity contribution in [1.29, 1.82) is 0 Å². The molecule has 1 aliphatic carbocycles. The summed E-state index contributed by atoms with van der Waals surface area (Å²) in [6, 6.07) is 12.9. The van der Waals surface area contributed by atoms with Gasteiger partial charge in [0.05, 0.1) is 11.3 Å². The Bertz CT molecular complexity index is 1470. The van der Waals surface area contributed by atoms with Crippen LogP contribution in [-0.4, -0.2) is 20.9 Å². The Morgan fingerprint density at radius 2 is 1.91 bits per heavy atom. The summed E-state index contributed by atoms with van der Waals surface area (Å²) in [7, 11) is 0. The minimum absolute atomic E-state index is 0.201. The molecule has 33 heavy (non-hydrogen) atoms. The Labute approximate surface area is 189 Å². The first-order valence-electron chi connectivity index (χ1n) is 10.2. The third-order valence-electron chi connectivity index (χ3n) is 5.81. The van der Waals surface area contributed by atoms with Crippen LogP contribution in [0.3, 0.4) is 0 Å². The Morgan fingerprint density at radius 1 is 1.12 bits per heavy atom. The molecule has 2 aromatic heterocycles. The second-order valence-electron chi connectivity index (χ2n) is 7.96. The zero-order valence-corrected chi connectivity index (χ0v) is 18.0. The summed E-state index contributed by atoms with van der Waals surface area (Å²) in [5.74, 6) is -1.18. The van der Waals surface area contributed by atoms with E-state index in [4.69, 9.17) is 0 Å². The van der Waals surface area contributed by atoms with Crippen molar-refractivity contribution in [1.82, 2.24) is 9.78 Å². The molecule has 0 atom stereocenters. The first kappa shape index (κ1) is 21.4. The lowest BCUT2D eigenvalue weighted by Crippen LogP contribution is -2.32. The fourth-order valence-corrected chi connectivity index (χ4v) is 5.38. The van der Waals surface area contributed by atoms with Crippen molar-refractivity contribution in [2.45, 2.75) is 32.0 Å². The molecule has 0 amide bonds. The largest absolute Gasteiger partial charge is 0.480 e. The summed E-state index contributed by atoms with van der Waals surface area (Å²) in [4.78, 5) is 25.3. The number of carbonyl (C=O) groups is 1. The number of halogens is 3. The van der Waals surface area contributed by atoms with E-state index in [0.29, 0.717) is 27.8 Å². The van der Waals surface area contributed by atoms with Gasteiger partial charge in [-0.3, -0.25) is 9.59 Å². The second-order valence-corrected chi connectivity index (χ2v) is 9.13. The quantitative estimate of drug-likeness (QED) is 0.460. The minimum Gasteiger partial charge on any atom is -0.480 e. The maximum absolute atomic E-state index is 13.2. The lowest BCUT2D eigenvalue weighted by atomic mass is 9.86. The first-order chi connectivity index (χ1) is 15.7. The van der Waals surface area contributed by atoms with Crippen molar-refractivity contribution in [3.05, 3.63) is 86.0 Å². The SMILES string of the molecule is O=C(O)Cn1nc2c(c(Cc3cc4cc(C(F)(F)F)ccc4s3)c1=O)CCc1ccccc1-2. The van der Waals surface area contributed by atoms with Crippen LogP contribution in [0, 0.1) is 0 Å². The zero-order chi connectivity index (χ0) is 23.3. The summed E-state index contributed by atoms with van der Waals surface area (Å²) in [5, 5.41) is 14.1. The van der Waals surface area contributed by atoms with Crippen LogP contribution in [0.2, 0.25) is 0 Å². The highest BCUT2D eigenvalue weighted by Gasteiger charge is 2.31. The maximum atomic E-state index is 13.2. The van der Waals surface area contributed by atoms with Gasteiger partial charge in [-0.05, 0) is 53.6 Å². The molecule has 1 aliphatic rings. The highest BCUT2D eigenvalue weighted by atomic mass is 32.1. The second kappa shape index (κ2) is 7.84. The van der Waals surface area contributed by atoms with Crippen LogP contribution in [0.15, 0.2) is 53.3 Å². The lowest BCUT2D eigenvalue weighted by molar-refractivity contribution is -0.138. The Balaban J connectivity index is 1.64. The monoisotopic (exact) mass is 470 g/mol. The molecule has 0 saturated heterocycles. The van der Waals surface area contributed by atoms with E-state index in [1.807, 2.05) is 24.3 Å². The lowest BCUT2D eigenvalue weighted by Gasteiger charge is -2.22. The molecule has 0 bridgehead atoms. The summed E-state index contributed by atoms with van der Waals surface area (Å²) in [6.45, 7) is -0.567. The number of aliphatic carboxylic acids is 1. The van der Waals surface area contributed by atoms with Gasteiger partial charge in [-0.2, -0.15) is 18.3 Å². The summed E-state index contributed by atoms with van der Waals surface area (Å²) >= 11 is 1.32. The van der Waals surface area contributed by atoms with Gasteiger partial charge in [-0.1, -0.05) is 24.3 Å². The molecule has 0 unspecified atom stereocenters. The van der Waals surface area contributed by atoms with E-state index in [1.165, 1.54) is 17.4 Å². The molecule has 168 valence electrons. The summed E-state index contributed by atoms with van der Waals surface area (Å²) in [5.41, 5.74) is 2.54. The van der Waals surface area contributed by atoms with Gasteiger partial charge < -0.3 is 5.11 Å². The van der Waals surface area contributed by atoms with Gasteiger partial charge in [0.25, 0.3) is 5.56 Å². The Morgan fingerprint density at radius 3 is 2.67 bits per heavy atom. The van der Waals surface area contributed by atoms with Crippen LogP contribution in [-0.2, 0) is 36.8 Å². The number of thiophene rings is 1. The van der Waals surface area contributed by atoms with E-state index < -0.39 is 29.8 Å². The smallest absolute Gasteiger partial charge is 0.416 e. The van der Waals surface area contributed by atoms with Crippen LogP contribution < -0.4 is 5.56 Å². The summed E-state index contributed by atoms with van der Waals surface area (Å²) < 4.78 is 40.9. The number of aromatic nitrogens is 2. The number of aryl methyl sites for hydroxylation is 1. The van der Waals surface area contributed by atoms with Gasteiger partial charge in [0.15, 0.2) is 0 Å². The molecule has 4 aromatic rings. The van der Waals surface area contributed by atoms with Gasteiger partial charge in [-0.25, -0.2) is 4.68 Å². The van der Waals surface area contributed by atoms with Gasteiger partial charge in [0, 0.05) is 27.1 Å².